The van der Waals surface area contributed by atoms with Gasteiger partial charge in [-0.2, -0.15) is 13.2 Å². The molecule has 0 unspecified atom stereocenters. The molecule has 0 fully saturated rings. The van der Waals surface area contributed by atoms with Gasteiger partial charge in [0.15, 0.2) is 0 Å². The molecule has 12 heteroatoms. The Kier molecular flexibility index (Phi) is 10.9. The third-order valence-corrected chi connectivity index (χ3v) is 7.10. The summed E-state index contributed by atoms with van der Waals surface area (Å²) >= 11 is 0. The number of carbonyl (C=O) groups excluding carboxylic acids is 2. The summed E-state index contributed by atoms with van der Waals surface area (Å²) in [4.78, 5) is 33.0. The topological polar surface area (TPSA) is 152 Å². The molecule has 9 nitrogen and oxygen atoms in total. The first-order chi connectivity index (χ1) is 21.1. The fourth-order valence-electron chi connectivity index (χ4n) is 4.79. The zero-order valence-electron chi connectivity index (χ0n) is 24.1. The van der Waals surface area contributed by atoms with Gasteiger partial charge in [0.1, 0.15) is 6.04 Å². The van der Waals surface area contributed by atoms with Crippen LogP contribution in [0.1, 0.15) is 16.7 Å². The number of anilines is 2. The fourth-order valence-corrected chi connectivity index (χ4v) is 4.79. The number of para-hydroxylation sites is 1. The minimum atomic E-state index is -4.50. The number of rotatable bonds is 13. The molecule has 3 aromatic carbocycles. The van der Waals surface area contributed by atoms with E-state index >= 15 is 0 Å². The second-order valence-electron chi connectivity index (χ2n) is 10.4. The number of nitrogens with one attached hydrogen (secondary N) is 2. The lowest BCUT2D eigenvalue weighted by atomic mass is 10.0. The molecular weight excluding hydrogens is 571 g/mol. The van der Waals surface area contributed by atoms with Gasteiger partial charge in [-0.1, -0.05) is 42.5 Å². The van der Waals surface area contributed by atoms with Gasteiger partial charge < -0.3 is 32.7 Å². The number of aromatic nitrogens is 1. The number of fused-ring (bicyclic) bond motifs is 1. The van der Waals surface area contributed by atoms with E-state index in [0.29, 0.717) is 37.4 Å². The Morgan fingerprint density at radius 3 is 2.09 bits per heavy atom. The zero-order valence-corrected chi connectivity index (χ0v) is 24.1. The van der Waals surface area contributed by atoms with Crippen molar-refractivity contribution in [2.75, 3.05) is 36.4 Å². The molecule has 8 N–H and O–H groups in total. The Bertz CT molecular complexity index is 1540. The Balaban J connectivity index is 1.48. The number of nitrogens with zero attached hydrogens (tertiary/aromatic N) is 2. The van der Waals surface area contributed by atoms with Crippen LogP contribution in [0.15, 0.2) is 85.1 Å². The van der Waals surface area contributed by atoms with Crippen molar-refractivity contribution in [3.8, 4) is 0 Å². The van der Waals surface area contributed by atoms with Crippen LogP contribution in [-0.2, 0) is 28.6 Å². The van der Waals surface area contributed by atoms with Crippen LogP contribution in [0, 0.1) is 0 Å². The number of alkyl halides is 3. The number of amides is 2. The van der Waals surface area contributed by atoms with E-state index < -0.39 is 35.6 Å². The second kappa shape index (κ2) is 14.8. The Hall–Kier alpha value is -4.52. The predicted octanol–water partition coefficient (Wildman–Crippen LogP) is 3.21. The Labute approximate surface area is 253 Å². The van der Waals surface area contributed by atoms with E-state index in [1.165, 1.54) is 18.3 Å². The van der Waals surface area contributed by atoms with E-state index in [2.05, 4.69) is 20.5 Å². The van der Waals surface area contributed by atoms with Crippen molar-refractivity contribution in [1.82, 2.24) is 10.3 Å². The number of hydrogen-bond donors (Lipinski definition) is 5. The predicted molar refractivity (Wildman–Crippen MR) is 166 cm³/mol. The summed E-state index contributed by atoms with van der Waals surface area (Å²) in [6.45, 7) is 2.25. The van der Waals surface area contributed by atoms with Gasteiger partial charge in [0.05, 0.1) is 29.0 Å². The molecule has 0 aliphatic rings. The molecule has 0 bridgehead atoms. The van der Waals surface area contributed by atoms with Crippen molar-refractivity contribution < 1.29 is 22.8 Å². The summed E-state index contributed by atoms with van der Waals surface area (Å²) in [6, 6.07) is 19.0. The highest BCUT2D eigenvalue weighted by Crippen LogP contribution is 2.29. The maximum atomic E-state index is 13.4. The normalized spacial score (nSPS) is 12.9. The van der Waals surface area contributed by atoms with E-state index in [9.17, 15) is 22.8 Å². The molecule has 1 aromatic heterocycles. The first-order valence-corrected chi connectivity index (χ1v) is 14.2. The second-order valence-corrected chi connectivity index (χ2v) is 10.4. The first-order valence-electron chi connectivity index (χ1n) is 14.2. The largest absolute Gasteiger partial charge is 0.416 e. The highest BCUT2D eigenvalue weighted by atomic mass is 19.4. The molecule has 0 aliphatic carbocycles. The maximum Gasteiger partial charge on any atom is 0.416 e. The van der Waals surface area contributed by atoms with E-state index in [1.807, 2.05) is 48.5 Å². The molecule has 4 aromatic rings. The molecule has 0 radical (unpaired) electrons. The number of carbonyl (C=O) groups is 2. The molecule has 1 heterocycles. The lowest BCUT2D eigenvalue weighted by Gasteiger charge is -2.24. The van der Waals surface area contributed by atoms with Crippen LogP contribution in [0.3, 0.4) is 0 Å². The van der Waals surface area contributed by atoms with Gasteiger partial charge in [0, 0.05) is 43.7 Å². The molecule has 0 saturated heterocycles. The van der Waals surface area contributed by atoms with Crippen molar-refractivity contribution in [1.29, 1.82) is 0 Å². The third-order valence-electron chi connectivity index (χ3n) is 7.10. The Morgan fingerprint density at radius 1 is 0.841 bits per heavy atom. The minimum absolute atomic E-state index is 0.0593. The standard InChI is InChI=1S/C32H36F3N7O2/c33-32(34,35)24-9-5-22(6-10-24)18-29(31(44)40-25-19-23-3-1-2-4-28(23)39-20-25)41-30(43)27(38)17-21-7-11-26(12-8-21)42(15-13-36)16-14-37/h1-12,19-20,27,29H,13-18,36-38H2,(H,40,44)(H,41,43)/t27-,29-/m0/s1. The van der Waals surface area contributed by atoms with Crippen LogP contribution in [0.5, 0.6) is 0 Å². The van der Waals surface area contributed by atoms with Crippen molar-refractivity contribution in [3.63, 3.8) is 0 Å². The van der Waals surface area contributed by atoms with E-state index in [4.69, 9.17) is 17.2 Å². The summed E-state index contributed by atoms with van der Waals surface area (Å²) in [6.07, 6.45) is -2.86. The average Bonchev–Trinajstić information content (AvgIpc) is 3.00. The van der Waals surface area contributed by atoms with Gasteiger partial charge in [-0.05, 0) is 53.9 Å². The van der Waals surface area contributed by atoms with Crippen molar-refractivity contribution in [2.45, 2.75) is 31.1 Å². The highest BCUT2D eigenvalue weighted by Gasteiger charge is 2.30. The average molecular weight is 608 g/mol. The molecular formula is C32H36F3N7O2. The number of halogens is 3. The number of benzene rings is 3. The van der Waals surface area contributed by atoms with Crippen LogP contribution in [0.4, 0.5) is 24.5 Å². The quantitative estimate of drug-likeness (QED) is 0.157. The molecule has 232 valence electrons. The SMILES string of the molecule is NCCN(CCN)c1ccc(C[C@H](N)C(=O)N[C@@H](Cc2ccc(C(F)(F)F)cc2)C(=O)Nc2cnc3ccccc3c2)cc1. The Morgan fingerprint density at radius 2 is 1.45 bits per heavy atom. The van der Waals surface area contributed by atoms with Gasteiger partial charge >= 0.3 is 6.18 Å². The number of hydrogen-bond acceptors (Lipinski definition) is 7. The van der Waals surface area contributed by atoms with E-state index in [-0.39, 0.29) is 12.8 Å². The fraction of sp³-hybridized carbons (Fsp3) is 0.281. The zero-order chi connectivity index (χ0) is 31.7. The minimum Gasteiger partial charge on any atom is -0.369 e. The van der Waals surface area contributed by atoms with Gasteiger partial charge in [-0.15, -0.1) is 0 Å². The summed E-state index contributed by atoms with van der Waals surface area (Å²) in [5.41, 5.74) is 20.2. The maximum absolute atomic E-state index is 13.4. The van der Waals surface area contributed by atoms with Crippen molar-refractivity contribution >= 4 is 34.1 Å². The van der Waals surface area contributed by atoms with Crippen molar-refractivity contribution in [3.05, 3.63) is 102 Å². The van der Waals surface area contributed by atoms with E-state index in [1.54, 1.807) is 6.07 Å². The summed E-state index contributed by atoms with van der Waals surface area (Å²) in [7, 11) is 0. The van der Waals surface area contributed by atoms with Crippen LogP contribution < -0.4 is 32.7 Å². The highest BCUT2D eigenvalue weighted by molar-refractivity contribution is 5.99. The molecule has 44 heavy (non-hydrogen) atoms. The first kappa shape index (κ1) is 32.4. The number of pyridine rings is 1. The third kappa shape index (κ3) is 8.75. The van der Waals surface area contributed by atoms with Gasteiger partial charge in [0.2, 0.25) is 11.8 Å². The lowest BCUT2D eigenvalue weighted by Crippen LogP contribution is -2.51. The van der Waals surface area contributed by atoms with E-state index in [0.717, 1.165) is 34.3 Å². The smallest absolute Gasteiger partial charge is 0.369 e. The van der Waals surface area contributed by atoms with Crippen LogP contribution in [0.2, 0.25) is 0 Å². The molecule has 0 aliphatic heterocycles. The summed E-state index contributed by atoms with van der Waals surface area (Å²) in [5, 5.41) is 6.26. The lowest BCUT2D eigenvalue weighted by molar-refractivity contribution is -0.137. The van der Waals surface area contributed by atoms with Crippen LogP contribution in [-0.4, -0.2) is 55.1 Å². The molecule has 0 saturated carbocycles. The number of nitrogens with two attached hydrogens (primary N) is 3. The van der Waals surface area contributed by atoms with Crippen LogP contribution in [0.25, 0.3) is 10.9 Å². The summed E-state index contributed by atoms with van der Waals surface area (Å²) in [5.74, 6) is -1.14. The van der Waals surface area contributed by atoms with Gasteiger partial charge in [0.25, 0.3) is 0 Å². The monoisotopic (exact) mass is 607 g/mol. The molecule has 4 rings (SSSR count). The van der Waals surface area contributed by atoms with Gasteiger partial charge in [-0.25, -0.2) is 0 Å². The summed E-state index contributed by atoms with van der Waals surface area (Å²) < 4.78 is 39.2. The molecule has 2 atom stereocenters. The van der Waals surface area contributed by atoms with Crippen molar-refractivity contribution in [2.24, 2.45) is 17.2 Å². The van der Waals surface area contributed by atoms with Gasteiger partial charge in [-0.3, -0.25) is 14.6 Å². The van der Waals surface area contributed by atoms with Crippen LogP contribution >= 0.6 is 0 Å². The molecule has 0 spiro atoms. The molecule has 2 amide bonds.